The van der Waals surface area contributed by atoms with Gasteiger partial charge in [0.1, 0.15) is 0 Å². The lowest BCUT2D eigenvalue weighted by Crippen LogP contribution is -2.27. The lowest BCUT2D eigenvalue weighted by atomic mass is 10.2. The molecule has 0 bridgehead atoms. The first kappa shape index (κ1) is 18.9. The molecule has 1 amide bonds. The van der Waals surface area contributed by atoms with Gasteiger partial charge in [-0.25, -0.2) is 8.42 Å². The summed E-state index contributed by atoms with van der Waals surface area (Å²) in [5, 5.41) is 2.84. The maximum absolute atomic E-state index is 12.5. The molecule has 138 valence electrons. The van der Waals surface area contributed by atoms with Gasteiger partial charge in [-0.2, -0.15) is 4.31 Å². The molecule has 2 aromatic carbocycles. The van der Waals surface area contributed by atoms with E-state index in [1.54, 1.807) is 42.1 Å². The molecule has 1 fully saturated rings. The number of nitrogens with one attached hydrogen (secondary N) is 1. The molecule has 0 saturated carbocycles. The maximum Gasteiger partial charge on any atom is 0.256 e. The van der Waals surface area contributed by atoms with Gasteiger partial charge in [0.15, 0.2) is 0 Å². The Morgan fingerprint density at radius 3 is 2.38 bits per heavy atom. The van der Waals surface area contributed by atoms with Crippen LogP contribution in [0.5, 0.6) is 0 Å². The Hall–Kier alpha value is -1.83. The molecule has 1 N–H and O–H groups in total. The highest BCUT2D eigenvalue weighted by atomic mass is 32.2. The summed E-state index contributed by atoms with van der Waals surface area (Å²) in [6.45, 7) is 3.19. The first-order chi connectivity index (χ1) is 12.5. The zero-order valence-electron chi connectivity index (χ0n) is 14.6. The van der Waals surface area contributed by atoms with Crippen LogP contribution in [0.15, 0.2) is 58.3 Å². The third-order valence-electron chi connectivity index (χ3n) is 4.25. The van der Waals surface area contributed by atoms with Crippen molar-refractivity contribution in [1.29, 1.82) is 0 Å². The summed E-state index contributed by atoms with van der Waals surface area (Å²) in [5.41, 5.74) is 1.19. The summed E-state index contributed by atoms with van der Waals surface area (Å²) in [4.78, 5) is 13.7. The summed E-state index contributed by atoms with van der Waals surface area (Å²) < 4.78 is 26.6. The molecule has 1 aliphatic heterocycles. The molecule has 0 atom stereocenters. The van der Waals surface area contributed by atoms with E-state index >= 15 is 0 Å². The van der Waals surface area contributed by atoms with Crippen molar-refractivity contribution in [3.05, 3.63) is 54.1 Å². The van der Waals surface area contributed by atoms with Crippen molar-refractivity contribution in [3.8, 4) is 0 Å². The number of sulfonamides is 1. The van der Waals surface area contributed by atoms with Crippen LogP contribution >= 0.6 is 11.8 Å². The average molecular weight is 391 g/mol. The van der Waals surface area contributed by atoms with E-state index < -0.39 is 10.0 Å². The second-order valence-corrected chi connectivity index (χ2v) is 9.26. The third-order valence-corrected chi connectivity index (χ3v) is 7.12. The molecule has 0 aromatic heterocycles. The van der Waals surface area contributed by atoms with E-state index in [2.05, 4.69) is 5.32 Å². The van der Waals surface area contributed by atoms with Gasteiger partial charge in [-0.3, -0.25) is 4.79 Å². The Balaban J connectivity index is 1.74. The summed E-state index contributed by atoms with van der Waals surface area (Å²) in [6, 6.07) is 13.8. The van der Waals surface area contributed by atoms with E-state index in [-0.39, 0.29) is 10.8 Å². The van der Waals surface area contributed by atoms with Crippen LogP contribution < -0.4 is 5.32 Å². The van der Waals surface area contributed by atoms with Gasteiger partial charge < -0.3 is 5.32 Å². The fourth-order valence-corrected chi connectivity index (χ4v) is 5.24. The van der Waals surface area contributed by atoms with Crippen molar-refractivity contribution < 1.29 is 13.2 Å². The van der Waals surface area contributed by atoms with Gasteiger partial charge >= 0.3 is 0 Å². The number of hydrogen-bond acceptors (Lipinski definition) is 4. The van der Waals surface area contributed by atoms with E-state index in [9.17, 15) is 13.2 Å². The lowest BCUT2D eigenvalue weighted by molar-refractivity contribution is 0.102. The topological polar surface area (TPSA) is 66.5 Å². The Kier molecular flexibility index (Phi) is 6.01. The smallest absolute Gasteiger partial charge is 0.256 e. The largest absolute Gasteiger partial charge is 0.322 e. The maximum atomic E-state index is 12.5. The summed E-state index contributed by atoms with van der Waals surface area (Å²) >= 11 is 1.62. The quantitative estimate of drug-likeness (QED) is 0.761. The van der Waals surface area contributed by atoms with E-state index in [1.165, 1.54) is 4.31 Å². The van der Waals surface area contributed by atoms with E-state index in [4.69, 9.17) is 0 Å². The minimum Gasteiger partial charge on any atom is -0.322 e. The minimum atomic E-state index is -3.43. The second-order valence-electron chi connectivity index (χ2n) is 6.02. The molecule has 0 aliphatic carbocycles. The molecule has 5 nitrogen and oxygen atoms in total. The normalized spacial score (nSPS) is 15.1. The number of hydrogen-bond donors (Lipinski definition) is 1. The van der Waals surface area contributed by atoms with Crippen molar-refractivity contribution in [2.24, 2.45) is 0 Å². The fourth-order valence-electron chi connectivity index (χ4n) is 2.92. The van der Waals surface area contributed by atoms with Gasteiger partial charge in [0.25, 0.3) is 5.91 Å². The minimum absolute atomic E-state index is 0.197. The molecule has 0 unspecified atom stereocenters. The monoisotopic (exact) mass is 390 g/mol. The Bertz CT molecular complexity index is 874. The summed E-state index contributed by atoms with van der Waals surface area (Å²) in [6.07, 6.45) is 1.81. The molecule has 1 aliphatic rings. The van der Waals surface area contributed by atoms with Crippen LogP contribution in [0.4, 0.5) is 5.69 Å². The summed E-state index contributed by atoms with van der Waals surface area (Å²) in [7, 11) is -3.43. The van der Waals surface area contributed by atoms with Crippen molar-refractivity contribution in [3.63, 3.8) is 0 Å². The van der Waals surface area contributed by atoms with E-state index in [0.29, 0.717) is 24.3 Å². The zero-order valence-corrected chi connectivity index (χ0v) is 16.3. The van der Waals surface area contributed by atoms with Gasteiger partial charge in [0, 0.05) is 23.7 Å². The molecule has 0 spiro atoms. The van der Waals surface area contributed by atoms with Crippen LogP contribution in [0.1, 0.15) is 30.1 Å². The van der Waals surface area contributed by atoms with E-state index in [0.717, 1.165) is 23.5 Å². The first-order valence-corrected chi connectivity index (χ1v) is 11.1. The van der Waals surface area contributed by atoms with Crippen molar-refractivity contribution in [2.45, 2.75) is 29.6 Å². The van der Waals surface area contributed by atoms with Gasteiger partial charge in [-0.05, 0) is 55.0 Å². The lowest BCUT2D eigenvalue weighted by Gasteiger charge is -2.16. The second kappa shape index (κ2) is 8.24. The number of anilines is 1. The molecule has 3 rings (SSSR count). The first-order valence-electron chi connectivity index (χ1n) is 8.66. The molecule has 2 aromatic rings. The number of carbonyl (C=O) groups excluding carboxylic acids is 1. The number of amides is 1. The molecular weight excluding hydrogens is 368 g/mol. The van der Waals surface area contributed by atoms with Crippen LogP contribution in [0, 0.1) is 0 Å². The molecular formula is C19H22N2O3S2. The fraction of sp³-hybridized carbons (Fsp3) is 0.316. The van der Waals surface area contributed by atoms with E-state index in [1.807, 2.05) is 25.1 Å². The van der Waals surface area contributed by atoms with Crippen molar-refractivity contribution in [2.75, 3.05) is 24.2 Å². The van der Waals surface area contributed by atoms with Gasteiger partial charge in [-0.1, -0.05) is 19.1 Å². The molecule has 1 heterocycles. The number of rotatable bonds is 6. The van der Waals surface area contributed by atoms with Crippen molar-refractivity contribution in [1.82, 2.24) is 4.31 Å². The predicted molar refractivity (Wildman–Crippen MR) is 105 cm³/mol. The number of thioether (sulfide) groups is 1. The van der Waals surface area contributed by atoms with Crippen LogP contribution in [-0.2, 0) is 10.0 Å². The molecule has 0 radical (unpaired) electrons. The van der Waals surface area contributed by atoms with Gasteiger partial charge in [-0.15, -0.1) is 11.8 Å². The third kappa shape index (κ3) is 4.11. The Labute approximate surface area is 158 Å². The van der Waals surface area contributed by atoms with Crippen molar-refractivity contribution >= 4 is 33.4 Å². The van der Waals surface area contributed by atoms with Crippen LogP contribution in [0.25, 0.3) is 0 Å². The Morgan fingerprint density at radius 2 is 1.73 bits per heavy atom. The highest BCUT2D eigenvalue weighted by Crippen LogP contribution is 2.25. The number of carbonyl (C=O) groups is 1. The van der Waals surface area contributed by atoms with Gasteiger partial charge in [0.05, 0.1) is 10.5 Å². The highest BCUT2D eigenvalue weighted by Gasteiger charge is 2.26. The number of nitrogens with zero attached hydrogens (tertiary/aromatic N) is 1. The van der Waals surface area contributed by atoms with Gasteiger partial charge in [0.2, 0.25) is 10.0 Å². The van der Waals surface area contributed by atoms with Crippen LogP contribution in [0.2, 0.25) is 0 Å². The highest BCUT2D eigenvalue weighted by molar-refractivity contribution is 7.99. The van der Waals surface area contributed by atoms with Crippen LogP contribution in [-0.4, -0.2) is 37.5 Å². The molecule has 7 heteroatoms. The van der Waals surface area contributed by atoms with Crippen LogP contribution in [0.3, 0.4) is 0 Å². The SMILES string of the molecule is CCSc1ccccc1C(=O)Nc1ccc(S(=O)(=O)N2CCCC2)cc1. The summed E-state index contributed by atoms with van der Waals surface area (Å²) in [5.74, 6) is 0.685. The predicted octanol–water partition coefficient (Wildman–Crippen LogP) is 3.84. The molecule has 1 saturated heterocycles. The zero-order chi connectivity index (χ0) is 18.6. The number of benzene rings is 2. The molecule has 26 heavy (non-hydrogen) atoms. The standard InChI is InChI=1S/C19H22N2O3S2/c1-2-25-18-8-4-3-7-17(18)19(22)20-15-9-11-16(12-10-15)26(23,24)21-13-5-6-14-21/h3-4,7-12H,2,5-6,13-14H2,1H3,(H,20,22). The average Bonchev–Trinajstić information content (AvgIpc) is 3.18. The Morgan fingerprint density at radius 1 is 1.08 bits per heavy atom.